The van der Waals surface area contributed by atoms with Gasteiger partial charge in [-0.3, -0.25) is 4.79 Å². The van der Waals surface area contributed by atoms with Crippen LogP contribution in [0, 0.1) is 6.92 Å². The highest BCUT2D eigenvalue weighted by atomic mass is 16.5. The fourth-order valence-electron chi connectivity index (χ4n) is 4.13. The van der Waals surface area contributed by atoms with Crippen LogP contribution in [0.2, 0.25) is 0 Å². The summed E-state index contributed by atoms with van der Waals surface area (Å²) in [7, 11) is 0. The molecule has 0 aliphatic heterocycles. The lowest BCUT2D eigenvalue weighted by molar-refractivity contribution is -0.127. The molecule has 2 aromatic carbocycles. The predicted molar refractivity (Wildman–Crippen MR) is 118 cm³/mol. The zero-order valence-corrected chi connectivity index (χ0v) is 17.8. The summed E-state index contributed by atoms with van der Waals surface area (Å²) in [4.78, 5) is 24.9. The van der Waals surface area contributed by atoms with Crippen molar-refractivity contribution in [2.24, 2.45) is 0 Å². The largest absolute Gasteiger partial charge is 0.480 e. The molecule has 0 fully saturated rings. The lowest BCUT2D eigenvalue weighted by Crippen LogP contribution is -2.38. The van der Waals surface area contributed by atoms with E-state index in [1.807, 2.05) is 49.4 Å². The molecule has 1 aliphatic rings. The van der Waals surface area contributed by atoms with E-state index in [2.05, 4.69) is 5.32 Å². The van der Waals surface area contributed by atoms with Crippen LogP contribution in [0.3, 0.4) is 0 Å². The number of carbonyl (C=O) groups excluding carboxylic acids is 1. The van der Waals surface area contributed by atoms with Crippen molar-refractivity contribution in [2.45, 2.75) is 51.7 Å². The molecule has 6 heteroatoms. The minimum Gasteiger partial charge on any atom is -0.480 e. The second-order valence-electron chi connectivity index (χ2n) is 8.05. The highest BCUT2D eigenvalue weighted by Gasteiger charge is 2.22. The number of aliphatic hydroxyl groups is 1. The molecule has 2 N–H and O–H groups in total. The topological polar surface area (TPSA) is 88.8 Å². The minimum atomic E-state index is -0.791. The van der Waals surface area contributed by atoms with Gasteiger partial charge in [-0.2, -0.15) is 0 Å². The summed E-state index contributed by atoms with van der Waals surface area (Å²) in [6.45, 7) is 3.57. The maximum absolute atomic E-state index is 12.5. The van der Waals surface area contributed by atoms with Gasteiger partial charge in [-0.05, 0) is 62.8 Å². The second-order valence-corrected chi connectivity index (χ2v) is 8.05. The first-order chi connectivity index (χ1) is 15.0. The van der Waals surface area contributed by atoms with Crippen molar-refractivity contribution in [3.63, 3.8) is 0 Å². The molecule has 31 heavy (non-hydrogen) atoms. The van der Waals surface area contributed by atoms with Crippen LogP contribution in [-0.4, -0.2) is 23.7 Å². The van der Waals surface area contributed by atoms with Crippen molar-refractivity contribution in [2.75, 3.05) is 6.54 Å². The van der Waals surface area contributed by atoms with Gasteiger partial charge in [-0.25, -0.2) is 4.79 Å². The van der Waals surface area contributed by atoms with Crippen molar-refractivity contribution in [1.82, 2.24) is 5.32 Å². The van der Waals surface area contributed by atoms with Crippen molar-refractivity contribution in [3.05, 3.63) is 75.1 Å². The molecule has 1 aliphatic carbocycles. The molecular formula is C25H27NO5. The van der Waals surface area contributed by atoms with Crippen molar-refractivity contribution in [3.8, 4) is 5.75 Å². The Hall–Kier alpha value is -3.12. The maximum atomic E-state index is 12.5. The molecule has 0 bridgehead atoms. The molecule has 0 radical (unpaired) electrons. The fraction of sp³-hybridized carbons (Fsp3) is 0.360. The Labute approximate surface area is 180 Å². The van der Waals surface area contributed by atoms with Crippen LogP contribution in [0.25, 0.3) is 11.0 Å². The number of rotatable bonds is 6. The monoisotopic (exact) mass is 421 g/mol. The first-order valence-corrected chi connectivity index (χ1v) is 10.7. The molecule has 6 nitrogen and oxygen atoms in total. The summed E-state index contributed by atoms with van der Waals surface area (Å²) in [6.07, 6.45) is 2.14. The van der Waals surface area contributed by atoms with E-state index in [0.29, 0.717) is 16.9 Å². The average molecular weight is 421 g/mol. The second kappa shape index (κ2) is 8.94. The number of benzene rings is 2. The van der Waals surface area contributed by atoms with Crippen LogP contribution >= 0.6 is 0 Å². The summed E-state index contributed by atoms with van der Waals surface area (Å²) in [5.41, 5.74) is 3.55. The van der Waals surface area contributed by atoms with Crippen molar-refractivity contribution in [1.29, 1.82) is 0 Å². The maximum Gasteiger partial charge on any atom is 0.339 e. The van der Waals surface area contributed by atoms with E-state index >= 15 is 0 Å². The van der Waals surface area contributed by atoms with Crippen LogP contribution in [0.5, 0.6) is 5.75 Å². The molecular weight excluding hydrogens is 394 g/mol. The zero-order valence-electron chi connectivity index (χ0n) is 17.8. The zero-order chi connectivity index (χ0) is 22.0. The van der Waals surface area contributed by atoms with Crippen LogP contribution in [0.15, 0.2) is 51.7 Å². The molecule has 2 atom stereocenters. The summed E-state index contributed by atoms with van der Waals surface area (Å²) in [6, 6.07) is 12.9. The number of hydrogen-bond donors (Lipinski definition) is 2. The molecule has 1 heterocycles. The Kier molecular flexibility index (Phi) is 6.09. The Balaban J connectivity index is 1.48. The number of aliphatic hydroxyl groups excluding tert-OH is 1. The van der Waals surface area contributed by atoms with E-state index < -0.39 is 12.2 Å². The Morgan fingerprint density at radius 3 is 2.58 bits per heavy atom. The van der Waals surface area contributed by atoms with Gasteiger partial charge in [0, 0.05) is 23.1 Å². The number of nitrogens with one attached hydrogen (secondary N) is 1. The van der Waals surface area contributed by atoms with Crippen LogP contribution in [-0.2, 0) is 17.6 Å². The van der Waals surface area contributed by atoms with Gasteiger partial charge in [0.1, 0.15) is 11.3 Å². The van der Waals surface area contributed by atoms with Gasteiger partial charge in [-0.1, -0.05) is 30.3 Å². The Bertz CT molecular complexity index is 1150. The van der Waals surface area contributed by atoms with E-state index in [9.17, 15) is 14.7 Å². The van der Waals surface area contributed by atoms with E-state index in [-0.39, 0.29) is 18.1 Å². The number of ether oxygens (including phenoxy) is 1. The van der Waals surface area contributed by atoms with Crippen LogP contribution < -0.4 is 15.7 Å². The summed E-state index contributed by atoms with van der Waals surface area (Å²) in [5.74, 6) is 0.166. The average Bonchev–Trinajstić information content (AvgIpc) is 2.80. The molecule has 0 unspecified atom stereocenters. The summed E-state index contributed by atoms with van der Waals surface area (Å²) in [5, 5.41) is 13.9. The van der Waals surface area contributed by atoms with Crippen LogP contribution in [0.4, 0.5) is 0 Å². The third kappa shape index (κ3) is 4.35. The normalized spacial score (nSPS) is 15.2. The van der Waals surface area contributed by atoms with Crippen molar-refractivity contribution >= 4 is 16.9 Å². The molecule has 0 saturated carbocycles. The molecule has 4 rings (SSSR count). The SMILES string of the molecule is Cc1c(O[C@@H](C)C(=O)NC[C@@H](O)c2ccccc2)ccc2c3c(c(=O)oc12)CCCC3. The number of amides is 1. The van der Waals surface area contributed by atoms with E-state index in [1.165, 1.54) is 0 Å². The smallest absolute Gasteiger partial charge is 0.339 e. The van der Waals surface area contributed by atoms with Gasteiger partial charge in [0.15, 0.2) is 6.10 Å². The van der Waals surface area contributed by atoms with Gasteiger partial charge in [0.05, 0.1) is 6.10 Å². The first kappa shape index (κ1) is 21.1. The lowest BCUT2D eigenvalue weighted by Gasteiger charge is -2.20. The molecule has 162 valence electrons. The number of aryl methyl sites for hydroxylation is 2. The minimum absolute atomic E-state index is 0.0915. The third-order valence-corrected chi connectivity index (χ3v) is 5.92. The van der Waals surface area contributed by atoms with Gasteiger partial charge in [-0.15, -0.1) is 0 Å². The van der Waals surface area contributed by atoms with E-state index in [0.717, 1.165) is 47.8 Å². The van der Waals surface area contributed by atoms with Gasteiger partial charge in [0.2, 0.25) is 0 Å². The van der Waals surface area contributed by atoms with Crippen LogP contribution in [0.1, 0.15) is 48.1 Å². The van der Waals surface area contributed by atoms with Gasteiger partial charge in [0.25, 0.3) is 5.91 Å². The molecule has 0 spiro atoms. The Morgan fingerprint density at radius 1 is 1.13 bits per heavy atom. The molecule has 1 aromatic heterocycles. The van der Waals surface area contributed by atoms with E-state index in [4.69, 9.17) is 9.15 Å². The van der Waals surface area contributed by atoms with Gasteiger partial charge < -0.3 is 19.6 Å². The summed E-state index contributed by atoms with van der Waals surface area (Å²) < 4.78 is 11.5. The third-order valence-electron chi connectivity index (χ3n) is 5.92. The van der Waals surface area contributed by atoms with E-state index in [1.54, 1.807) is 6.92 Å². The highest BCUT2D eigenvalue weighted by molar-refractivity contribution is 5.86. The quantitative estimate of drug-likeness (QED) is 0.594. The number of hydrogen-bond acceptors (Lipinski definition) is 5. The summed E-state index contributed by atoms with van der Waals surface area (Å²) >= 11 is 0. The molecule has 1 amide bonds. The number of fused-ring (bicyclic) bond motifs is 3. The lowest BCUT2D eigenvalue weighted by atomic mass is 9.90. The number of carbonyl (C=O) groups is 1. The van der Waals surface area contributed by atoms with Gasteiger partial charge >= 0.3 is 5.63 Å². The first-order valence-electron chi connectivity index (χ1n) is 10.7. The fourth-order valence-corrected chi connectivity index (χ4v) is 4.13. The molecule has 3 aromatic rings. The highest BCUT2D eigenvalue weighted by Crippen LogP contribution is 2.32. The predicted octanol–water partition coefficient (Wildman–Crippen LogP) is 3.60. The Morgan fingerprint density at radius 2 is 1.84 bits per heavy atom. The molecule has 0 saturated heterocycles. The standard InChI is InChI=1S/C25H27NO5/c1-15-22(13-12-19-18-10-6-7-11-20(18)25(29)31-23(15)19)30-16(2)24(28)26-14-21(27)17-8-4-3-5-9-17/h3-5,8-9,12-13,16,21,27H,6-7,10-11,14H2,1-2H3,(H,26,28)/t16-,21+/m0/s1. The van der Waals surface area contributed by atoms with Crippen molar-refractivity contribution < 1.29 is 19.1 Å².